The first-order chi connectivity index (χ1) is 17.6. The summed E-state index contributed by atoms with van der Waals surface area (Å²) in [7, 11) is -1.59. The van der Waals surface area contributed by atoms with Gasteiger partial charge in [0.2, 0.25) is 27.4 Å². The van der Waals surface area contributed by atoms with Crippen LogP contribution >= 0.6 is 0 Å². The minimum absolute atomic E-state index is 0.530. The molecule has 213 valence electrons. The predicted octanol–water partition coefficient (Wildman–Crippen LogP) is 9.51. The molecular formula is C30H66N3Si3. The smallest absolute Gasteiger partial charge is 0.213 e. The van der Waals surface area contributed by atoms with Gasteiger partial charge < -0.3 is 12.7 Å². The Labute approximate surface area is 234 Å². The summed E-state index contributed by atoms with van der Waals surface area (Å²) < 4.78 is 9.21. The van der Waals surface area contributed by atoms with Crippen molar-refractivity contribution in [2.24, 2.45) is 0 Å². The van der Waals surface area contributed by atoms with Gasteiger partial charge in [0.1, 0.15) is 0 Å². The molecule has 1 aliphatic heterocycles. The standard InChI is InChI=1S/C30H66N3Si3/c1-7-10-13-16-19-22-25-28-31-34(4)32(29-26-23-20-17-14-11-8-2)36(6)33(35(31)5)30-27-24-21-18-15-12-9-3/h7-30H2,1-6H3. The van der Waals surface area contributed by atoms with Gasteiger partial charge in [-0.2, -0.15) is 0 Å². The second kappa shape index (κ2) is 23.4. The van der Waals surface area contributed by atoms with E-state index in [4.69, 9.17) is 0 Å². The first-order valence-corrected chi connectivity index (χ1v) is 22.1. The first kappa shape index (κ1) is 34.6. The van der Waals surface area contributed by atoms with Crippen LogP contribution in [0.3, 0.4) is 0 Å². The molecule has 1 rings (SSSR count). The lowest BCUT2D eigenvalue weighted by molar-refractivity contribution is 0.407. The van der Waals surface area contributed by atoms with E-state index in [0.29, 0.717) is 0 Å². The molecule has 1 fully saturated rings. The molecule has 3 radical (unpaired) electrons. The highest BCUT2D eigenvalue weighted by molar-refractivity contribution is 6.84. The lowest BCUT2D eigenvalue weighted by Crippen LogP contribution is -2.75. The van der Waals surface area contributed by atoms with E-state index in [1.165, 1.54) is 154 Å². The molecule has 3 nitrogen and oxygen atoms in total. The third-order valence-corrected chi connectivity index (χ3v) is 20.2. The molecule has 0 aliphatic carbocycles. The van der Waals surface area contributed by atoms with Gasteiger partial charge >= 0.3 is 0 Å². The lowest BCUT2D eigenvalue weighted by Gasteiger charge is -2.53. The van der Waals surface area contributed by atoms with E-state index in [-0.39, 0.29) is 0 Å². The van der Waals surface area contributed by atoms with Crippen molar-refractivity contribution in [1.82, 2.24) is 12.7 Å². The molecule has 0 aromatic carbocycles. The molecule has 0 atom stereocenters. The van der Waals surface area contributed by atoms with Crippen molar-refractivity contribution in [2.75, 3.05) is 19.6 Å². The molecule has 0 aromatic heterocycles. The fourth-order valence-electron chi connectivity index (χ4n) is 5.79. The van der Waals surface area contributed by atoms with Gasteiger partial charge in [0.05, 0.1) is 0 Å². The van der Waals surface area contributed by atoms with Crippen LogP contribution in [0.5, 0.6) is 0 Å². The Hall–Kier alpha value is 0.531. The molecule has 0 saturated carbocycles. The van der Waals surface area contributed by atoms with E-state index in [1.54, 1.807) is 0 Å². The summed E-state index contributed by atoms with van der Waals surface area (Å²) in [6, 6.07) is 0. The summed E-state index contributed by atoms with van der Waals surface area (Å²) in [6.07, 6.45) is 30.1. The molecule has 36 heavy (non-hydrogen) atoms. The van der Waals surface area contributed by atoms with Crippen molar-refractivity contribution in [3.63, 3.8) is 0 Å². The largest absolute Gasteiger partial charge is 0.322 e. The highest BCUT2D eigenvalue weighted by atomic mass is 28.4. The Kier molecular flexibility index (Phi) is 22.5. The maximum Gasteiger partial charge on any atom is 0.213 e. The molecule has 0 aromatic rings. The SMILES string of the molecule is CCCCCCCCCN1[Si](C)N(CCCCCCCCC)[Si](C)N(CCCCCCCCC)[Si]1C. The van der Waals surface area contributed by atoms with Gasteiger partial charge in [0.15, 0.2) is 0 Å². The predicted molar refractivity (Wildman–Crippen MR) is 169 cm³/mol. The van der Waals surface area contributed by atoms with Crippen LogP contribution in [0.25, 0.3) is 0 Å². The number of rotatable bonds is 24. The van der Waals surface area contributed by atoms with E-state index >= 15 is 0 Å². The molecule has 1 saturated heterocycles. The summed E-state index contributed by atoms with van der Waals surface area (Å²) in [4.78, 5) is 0. The van der Waals surface area contributed by atoms with E-state index in [0.717, 1.165) is 0 Å². The van der Waals surface area contributed by atoms with Crippen molar-refractivity contribution < 1.29 is 0 Å². The Morgan fingerprint density at radius 2 is 0.500 bits per heavy atom. The number of hydrogen-bond acceptors (Lipinski definition) is 3. The van der Waals surface area contributed by atoms with Crippen LogP contribution in [0.4, 0.5) is 0 Å². The Bertz CT molecular complexity index is 404. The van der Waals surface area contributed by atoms with E-state index in [2.05, 4.69) is 53.1 Å². The lowest BCUT2D eigenvalue weighted by atomic mass is 10.1. The maximum atomic E-state index is 3.07. The van der Waals surface area contributed by atoms with Crippen LogP contribution in [0.15, 0.2) is 0 Å². The van der Waals surface area contributed by atoms with Crippen LogP contribution in [0.2, 0.25) is 19.6 Å². The topological polar surface area (TPSA) is 9.72 Å². The van der Waals surface area contributed by atoms with Crippen molar-refractivity contribution in [2.45, 2.75) is 175 Å². The van der Waals surface area contributed by atoms with Crippen molar-refractivity contribution in [3.05, 3.63) is 0 Å². The van der Waals surface area contributed by atoms with E-state index in [9.17, 15) is 0 Å². The van der Waals surface area contributed by atoms with Crippen LogP contribution in [0.1, 0.15) is 156 Å². The van der Waals surface area contributed by atoms with Gasteiger partial charge in [-0.25, -0.2) is 0 Å². The van der Waals surface area contributed by atoms with Crippen LogP contribution in [0, 0.1) is 0 Å². The zero-order chi connectivity index (χ0) is 26.4. The minimum atomic E-state index is -0.530. The molecule has 1 aliphatic rings. The highest BCUT2D eigenvalue weighted by Gasteiger charge is 2.43. The van der Waals surface area contributed by atoms with Crippen molar-refractivity contribution in [1.29, 1.82) is 0 Å². The van der Waals surface area contributed by atoms with Crippen LogP contribution < -0.4 is 0 Å². The van der Waals surface area contributed by atoms with E-state index < -0.39 is 27.4 Å². The molecule has 0 N–H and O–H groups in total. The third-order valence-electron chi connectivity index (χ3n) is 8.30. The monoisotopic (exact) mass is 552 g/mol. The number of unbranched alkanes of at least 4 members (excludes halogenated alkanes) is 18. The van der Waals surface area contributed by atoms with Crippen LogP contribution in [-0.2, 0) is 0 Å². The van der Waals surface area contributed by atoms with Gasteiger partial charge in [0.25, 0.3) is 0 Å². The minimum Gasteiger partial charge on any atom is -0.322 e. The van der Waals surface area contributed by atoms with Crippen LogP contribution in [-0.4, -0.2) is 59.7 Å². The van der Waals surface area contributed by atoms with Gasteiger partial charge in [-0.05, 0) is 58.5 Å². The molecule has 0 unspecified atom stereocenters. The second-order valence-electron chi connectivity index (χ2n) is 11.5. The fraction of sp³-hybridized carbons (Fsp3) is 1.00. The van der Waals surface area contributed by atoms with Gasteiger partial charge in [-0.3, -0.25) is 0 Å². The quantitative estimate of drug-likeness (QED) is 0.0871. The summed E-state index contributed by atoms with van der Waals surface area (Å²) >= 11 is 0. The Balaban J connectivity index is 2.58. The molecule has 6 heteroatoms. The first-order valence-electron chi connectivity index (χ1n) is 16.4. The molecule has 0 spiro atoms. The zero-order valence-corrected chi connectivity index (χ0v) is 28.8. The fourth-order valence-corrected chi connectivity index (χ4v) is 18.2. The summed E-state index contributed by atoms with van der Waals surface area (Å²) in [5.74, 6) is 0. The zero-order valence-electron chi connectivity index (χ0n) is 25.8. The molecule has 1 heterocycles. The average molecular weight is 553 g/mol. The highest BCUT2D eigenvalue weighted by Crippen LogP contribution is 2.23. The van der Waals surface area contributed by atoms with Gasteiger partial charge in [-0.1, -0.05) is 136 Å². The second-order valence-corrected chi connectivity index (χ2v) is 19.3. The maximum absolute atomic E-state index is 3.07. The Morgan fingerprint density at radius 3 is 0.722 bits per heavy atom. The van der Waals surface area contributed by atoms with Crippen molar-refractivity contribution in [3.8, 4) is 0 Å². The van der Waals surface area contributed by atoms with E-state index in [1.807, 2.05) is 0 Å². The summed E-state index contributed by atoms with van der Waals surface area (Å²) in [6.45, 7) is 19.1. The number of hydrogen-bond donors (Lipinski definition) is 0. The average Bonchev–Trinajstić information content (AvgIpc) is 2.87. The van der Waals surface area contributed by atoms with Crippen molar-refractivity contribution >= 4 is 27.4 Å². The summed E-state index contributed by atoms with van der Waals surface area (Å²) in [5, 5.41) is 0. The molecule has 0 amide bonds. The molecule has 0 bridgehead atoms. The third kappa shape index (κ3) is 14.6. The molecular weight excluding hydrogens is 487 g/mol. The van der Waals surface area contributed by atoms with Gasteiger partial charge in [-0.15, -0.1) is 0 Å². The Morgan fingerprint density at radius 1 is 0.306 bits per heavy atom. The normalized spacial score (nSPS) is 17.5. The summed E-state index contributed by atoms with van der Waals surface area (Å²) in [5.41, 5.74) is 0. The number of nitrogens with zero attached hydrogens (tertiary/aromatic N) is 3. The van der Waals surface area contributed by atoms with Gasteiger partial charge in [0, 0.05) is 0 Å².